The van der Waals surface area contributed by atoms with E-state index in [1.54, 1.807) is 0 Å². The van der Waals surface area contributed by atoms with E-state index in [9.17, 15) is 10.1 Å². The van der Waals surface area contributed by atoms with Gasteiger partial charge in [0, 0.05) is 38.8 Å². The van der Waals surface area contributed by atoms with Crippen LogP contribution in [-0.2, 0) is 6.42 Å². The minimum Gasteiger partial charge on any atom is -0.358 e. The van der Waals surface area contributed by atoms with Crippen molar-refractivity contribution in [2.75, 3.05) is 13.1 Å². The zero-order valence-corrected chi connectivity index (χ0v) is 18.7. The molecular weight excluding hydrogens is 412 g/mol. The maximum atomic E-state index is 13.3. The molecule has 7 nitrogen and oxygen atoms in total. The topological polar surface area (TPSA) is 105 Å². The largest absolute Gasteiger partial charge is 0.358 e. The van der Waals surface area contributed by atoms with Crippen molar-refractivity contribution >= 4 is 21.8 Å². The second kappa shape index (κ2) is 8.49. The molecular formula is C26H26N6O. The fourth-order valence-electron chi connectivity index (χ4n) is 4.72. The fraction of sp³-hybridized carbons (Fsp3) is 0.231. The van der Waals surface area contributed by atoms with Crippen LogP contribution in [0.1, 0.15) is 30.4 Å². The molecule has 0 aliphatic rings. The Labute approximate surface area is 191 Å². The van der Waals surface area contributed by atoms with Crippen LogP contribution >= 0.6 is 0 Å². The quantitative estimate of drug-likeness (QED) is 0.281. The molecule has 0 aliphatic carbocycles. The van der Waals surface area contributed by atoms with Gasteiger partial charge in [-0.25, -0.2) is 9.36 Å². The van der Waals surface area contributed by atoms with Crippen LogP contribution in [0.15, 0.2) is 53.3 Å². The summed E-state index contributed by atoms with van der Waals surface area (Å²) in [4.78, 5) is 23.1. The van der Waals surface area contributed by atoms with Crippen LogP contribution in [0.4, 0.5) is 0 Å². The predicted octanol–water partition coefficient (Wildman–Crippen LogP) is 4.52. The smallest absolute Gasteiger partial charge is 0.331 e. The molecule has 2 aromatic carbocycles. The fourth-order valence-corrected chi connectivity index (χ4v) is 4.72. The van der Waals surface area contributed by atoms with Gasteiger partial charge in [0.15, 0.2) is 5.69 Å². The first-order chi connectivity index (χ1) is 16.1. The number of aromatic nitrogens is 4. The number of fused-ring (bicyclic) bond motifs is 2. The van der Waals surface area contributed by atoms with Gasteiger partial charge in [0.2, 0.25) is 0 Å². The van der Waals surface area contributed by atoms with E-state index in [4.69, 9.17) is 0 Å². The molecule has 0 unspecified atom stereocenters. The third-order valence-corrected chi connectivity index (χ3v) is 6.15. The van der Waals surface area contributed by atoms with Crippen LogP contribution in [-0.4, -0.2) is 32.6 Å². The van der Waals surface area contributed by atoms with E-state index in [-0.39, 0.29) is 5.69 Å². The van der Waals surface area contributed by atoms with Crippen molar-refractivity contribution in [1.29, 1.82) is 5.26 Å². The summed E-state index contributed by atoms with van der Waals surface area (Å²) in [5, 5.41) is 15.5. The van der Waals surface area contributed by atoms with E-state index in [1.807, 2.05) is 55.5 Å². The van der Waals surface area contributed by atoms with Crippen molar-refractivity contribution in [1.82, 2.24) is 24.8 Å². The van der Waals surface area contributed by atoms with Crippen LogP contribution in [0.2, 0.25) is 0 Å². The number of nitriles is 1. The Morgan fingerprint density at radius 3 is 2.42 bits per heavy atom. The average Bonchev–Trinajstić information content (AvgIpc) is 3.45. The van der Waals surface area contributed by atoms with Crippen molar-refractivity contribution in [3.8, 4) is 23.0 Å². The summed E-state index contributed by atoms with van der Waals surface area (Å²) >= 11 is 0. The molecule has 0 bridgehead atoms. The second-order valence-electron chi connectivity index (χ2n) is 8.23. The summed E-state index contributed by atoms with van der Waals surface area (Å²) in [6.07, 6.45) is 1.75. The number of nitrogens with zero attached hydrogens (tertiary/aromatic N) is 2. The van der Waals surface area contributed by atoms with Gasteiger partial charge in [0.05, 0.1) is 11.4 Å². The Balaban J connectivity index is 1.73. The summed E-state index contributed by atoms with van der Waals surface area (Å²) < 4.78 is 1.51. The number of nitrogens with one attached hydrogen (secondary N) is 4. The molecule has 0 spiro atoms. The summed E-state index contributed by atoms with van der Waals surface area (Å²) in [5.74, 6) is 0. The van der Waals surface area contributed by atoms with E-state index < -0.39 is 0 Å². The monoisotopic (exact) mass is 438 g/mol. The number of imidazole rings is 1. The number of H-pyrrole nitrogens is 3. The van der Waals surface area contributed by atoms with Gasteiger partial charge in [0.1, 0.15) is 6.07 Å². The molecule has 0 amide bonds. The number of aryl methyl sites for hydroxylation is 2. The molecule has 33 heavy (non-hydrogen) atoms. The maximum absolute atomic E-state index is 13.3. The highest BCUT2D eigenvalue weighted by Crippen LogP contribution is 2.35. The van der Waals surface area contributed by atoms with Crippen LogP contribution in [0.5, 0.6) is 0 Å². The minimum absolute atomic E-state index is 0.311. The highest BCUT2D eigenvalue weighted by molar-refractivity contribution is 5.98. The molecule has 5 aromatic rings. The van der Waals surface area contributed by atoms with Crippen molar-refractivity contribution in [2.24, 2.45) is 0 Å². The van der Waals surface area contributed by atoms with Crippen LogP contribution in [0, 0.1) is 18.3 Å². The summed E-state index contributed by atoms with van der Waals surface area (Å²) in [7, 11) is 0. The number of benzene rings is 2. The highest BCUT2D eigenvalue weighted by atomic mass is 16.1. The van der Waals surface area contributed by atoms with Gasteiger partial charge in [-0.3, -0.25) is 0 Å². The number of hydrogen-bond acceptors (Lipinski definition) is 3. The normalized spacial score (nSPS) is 11.4. The Hall–Kier alpha value is -4.02. The average molecular weight is 439 g/mol. The highest BCUT2D eigenvalue weighted by Gasteiger charge is 2.24. The number of hydrogen-bond donors (Lipinski definition) is 4. The zero-order chi connectivity index (χ0) is 22.9. The lowest BCUT2D eigenvalue weighted by Crippen LogP contribution is -2.16. The lowest BCUT2D eigenvalue weighted by molar-refractivity contribution is 0.669. The van der Waals surface area contributed by atoms with Crippen LogP contribution < -0.4 is 11.0 Å². The molecule has 0 fully saturated rings. The molecule has 5 rings (SSSR count). The Morgan fingerprint density at radius 2 is 1.70 bits per heavy atom. The zero-order valence-electron chi connectivity index (χ0n) is 18.7. The third-order valence-electron chi connectivity index (χ3n) is 6.15. The van der Waals surface area contributed by atoms with Crippen molar-refractivity contribution < 1.29 is 0 Å². The first kappa shape index (κ1) is 20.9. The van der Waals surface area contributed by atoms with E-state index in [0.29, 0.717) is 17.1 Å². The maximum Gasteiger partial charge on any atom is 0.331 e. The Morgan fingerprint density at radius 1 is 1.00 bits per heavy atom. The summed E-state index contributed by atoms with van der Waals surface area (Å²) in [6, 6.07) is 18.2. The Kier molecular flexibility index (Phi) is 5.37. The minimum atomic E-state index is -0.321. The van der Waals surface area contributed by atoms with E-state index >= 15 is 0 Å². The molecule has 166 valence electrons. The second-order valence-corrected chi connectivity index (χ2v) is 8.23. The molecule has 0 saturated heterocycles. The molecule has 0 radical (unpaired) electrons. The SMILES string of the molecule is CCNCCCc1[nH]c2ccccc2c1-c1[nH]c(=O)n(-c2c(C)[nH]c3ccccc23)c1C#N. The lowest BCUT2D eigenvalue weighted by Gasteiger charge is -2.07. The summed E-state index contributed by atoms with van der Waals surface area (Å²) in [6.45, 7) is 5.85. The molecule has 4 N–H and O–H groups in total. The van der Waals surface area contributed by atoms with Crippen molar-refractivity contribution in [3.05, 3.63) is 76.1 Å². The van der Waals surface area contributed by atoms with Crippen LogP contribution in [0.3, 0.4) is 0 Å². The number of aromatic amines is 3. The first-order valence-electron chi connectivity index (χ1n) is 11.3. The predicted molar refractivity (Wildman–Crippen MR) is 132 cm³/mol. The van der Waals surface area contributed by atoms with Gasteiger partial charge in [-0.1, -0.05) is 43.3 Å². The lowest BCUT2D eigenvalue weighted by atomic mass is 10.0. The molecule has 3 aromatic heterocycles. The van der Waals surface area contributed by atoms with Gasteiger partial charge >= 0.3 is 5.69 Å². The van der Waals surface area contributed by atoms with Crippen LogP contribution in [0.25, 0.3) is 38.8 Å². The van der Waals surface area contributed by atoms with E-state index in [1.165, 1.54) is 4.57 Å². The molecule has 0 saturated carbocycles. The molecule has 0 aliphatic heterocycles. The van der Waals surface area contributed by atoms with Gasteiger partial charge in [-0.05, 0) is 45.0 Å². The number of rotatable bonds is 7. The third kappa shape index (κ3) is 3.45. The van der Waals surface area contributed by atoms with Gasteiger partial charge in [-0.2, -0.15) is 5.26 Å². The van der Waals surface area contributed by atoms with Gasteiger partial charge < -0.3 is 20.3 Å². The Bertz CT molecular complexity index is 1560. The molecule has 7 heteroatoms. The van der Waals surface area contributed by atoms with Crippen molar-refractivity contribution in [2.45, 2.75) is 26.7 Å². The van der Waals surface area contributed by atoms with Gasteiger partial charge in [0.25, 0.3) is 0 Å². The summed E-state index contributed by atoms with van der Waals surface area (Å²) in [5.41, 5.74) is 5.94. The molecule has 3 heterocycles. The molecule has 0 atom stereocenters. The van der Waals surface area contributed by atoms with E-state index in [2.05, 4.69) is 33.3 Å². The first-order valence-corrected chi connectivity index (χ1v) is 11.3. The van der Waals surface area contributed by atoms with Crippen molar-refractivity contribution in [3.63, 3.8) is 0 Å². The standard InChI is InChI=1S/C26H26N6O/c1-3-28-14-8-13-21-23(17-9-4-6-11-19(17)30-21)24-22(15-27)32(26(33)31-24)25-16(2)29-20-12-7-5-10-18(20)25/h4-7,9-12,28-30H,3,8,13-14H2,1-2H3,(H,31,33). The van der Waals surface area contributed by atoms with E-state index in [0.717, 1.165) is 64.7 Å². The number of para-hydroxylation sites is 2. The van der Waals surface area contributed by atoms with Gasteiger partial charge in [-0.15, -0.1) is 0 Å².